The fourth-order valence-electron chi connectivity index (χ4n) is 2.13. The van der Waals surface area contributed by atoms with E-state index in [2.05, 4.69) is 0 Å². The smallest absolute Gasteiger partial charge is 0.270 e. The molecule has 102 valence electrons. The Hall–Kier alpha value is -1.95. The van der Waals surface area contributed by atoms with Gasteiger partial charge < -0.3 is 9.64 Å². The highest BCUT2D eigenvalue weighted by atomic mass is 16.6. The van der Waals surface area contributed by atoms with Crippen LogP contribution in [0.15, 0.2) is 18.2 Å². The lowest BCUT2D eigenvalue weighted by Gasteiger charge is -2.30. The Kier molecular flexibility index (Phi) is 4.11. The number of rotatable bonds is 4. The SMILES string of the molecule is CCC(=O)c1cc([N+](=O)[O-])ccc1N1CCOCC1. The van der Waals surface area contributed by atoms with Crippen LogP contribution in [0.2, 0.25) is 0 Å². The molecule has 0 aromatic heterocycles. The van der Waals surface area contributed by atoms with Crippen LogP contribution in [0.4, 0.5) is 11.4 Å². The monoisotopic (exact) mass is 264 g/mol. The van der Waals surface area contributed by atoms with Gasteiger partial charge in [-0.05, 0) is 6.07 Å². The van der Waals surface area contributed by atoms with Crippen molar-refractivity contribution in [1.29, 1.82) is 0 Å². The van der Waals surface area contributed by atoms with Gasteiger partial charge >= 0.3 is 0 Å². The minimum absolute atomic E-state index is 0.0474. The minimum Gasteiger partial charge on any atom is -0.378 e. The second-order valence-electron chi connectivity index (χ2n) is 4.33. The Bertz CT molecular complexity index is 495. The van der Waals surface area contributed by atoms with Gasteiger partial charge in [0.1, 0.15) is 0 Å². The van der Waals surface area contributed by atoms with Crippen LogP contribution in [0.5, 0.6) is 0 Å². The third-order valence-corrected chi connectivity index (χ3v) is 3.16. The van der Waals surface area contributed by atoms with Gasteiger partial charge in [-0.2, -0.15) is 0 Å². The van der Waals surface area contributed by atoms with Gasteiger partial charge in [-0.25, -0.2) is 0 Å². The van der Waals surface area contributed by atoms with Crippen molar-refractivity contribution in [3.8, 4) is 0 Å². The maximum atomic E-state index is 12.0. The van der Waals surface area contributed by atoms with Gasteiger partial charge in [0.2, 0.25) is 0 Å². The van der Waals surface area contributed by atoms with Gasteiger partial charge in [-0.3, -0.25) is 14.9 Å². The molecule has 0 spiro atoms. The van der Waals surface area contributed by atoms with Crippen molar-refractivity contribution in [2.24, 2.45) is 0 Å². The third kappa shape index (κ3) is 2.90. The molecular formula is C13H16N2O4. The fraction of sp³-hybridized carbons (Fsp3) is 0.462. The number of non-ortho nitro benzene ring substituents is 1. The number of nitrogens with zero attached hydrogens (tertiary/aromatic N) is 2. The summed E-state index contributed by atoms with van der Waals surface area (Å²) in [5.74, 6) is -0.0785. The maximum absolute atomic E-state index is 12.0. The first-order valence-electron chi connectivity index (χ1n) is 6.27. The van der Waals surface area contributed by atoms with Gasteiger partial charge in [0.05, 0.1) is 18.1 Å². The van der Waals surface area contributed by atoms with E-state index in [-0.39, 0.29) is 11.5 Å². The predicted molar refractivity (Wildman–Crippen MR) is 70.7 cm³/mol. The summed E-state index contributed by atoms with van der Waals surface area (Å²) in [4.78, 5) is 24.3. The number of morpholine rings is 1. The van der Waals surface area contributed by atoms with Crippen LogP contribution in [0.25, 0.3) is 0 Å². The zero-order valence-electron chi connectivity index (χ0n) is 10.8. The molecule has 1 aromatic rings. The van der Waals surface area contributed by atoms with E-state index in [0.717, 1.165) is 5.69 Å². The number of benzene rings is 1. The number of Topliss-reactive ketones (excluding diaryl/α,β-unsaturated/α-hetero) is 1. The summed E-state index contributed by atoms with van der Waals surface area (Å²) in [5.41, 5.74) is 1.15. The van der Waals surface area contributed by atoms with E-state index in [1.54, 1.807) is 13.0 Å². The summed E-state index contributed by atoms with van der Waals surface area (Å²) in [6, 6.07) is 4.47. The Morgan fingerprint density at radius 1 is 1.42 bits per heavy atom. The molecule has 1 heterocycles. The molecule has 1 fully saturated rings. The Morgan fingerprint density at radius 2 is 2.11 bits per heavy atom. The third-order valence-electron chi connectivity index (χ3n) is 3.16. The second kappa shape index (κ2) is 5.79. The maximum Gasteiger partial charge on any atom is 0.270 e. The molecule has 0 amide bonds. The normalized spacial score (nSPS) is 15.3. The van der Waals surface area contributed by atoms with Gasteiger partial charge in [-0.1, -0.05) is 6.92 Å². The lowest BCUT2D eigenvalue weighted by Crippen LogP contribution is -2.37. The first kappa shape index (κ1) is 13.5. The Morgan fingerprint density at radius 3 is 2.68 bits per heavy atom. The number of nitro benzene ring substituents is 1. The van der Waals surface area contributed by atoms with E-state index >= 15 is 0 Å². The molecule has 0 bridgehead atoms. The second-order valence-corrected chi connectivity index (χ2v) is 4.33. The highest BCUT2D eigenvalue weighted by Gasteiger charge is 2.20. The fourth-order valence-corrected chi connectivity index (χ4v) is 2.13. The standard InChI is InChI=1S/C13H16N2O4/c1-2-13(16)11-9-10(15(17)18)3-4-12(11)14-5-7-19-8-6-14/h3-4,9H,2,5-8H2,1H3. The lowest BCUT2D eigenvalue weighted by molar-refractivity contribution is -0.384. The van der Waals surface area contributed by atoms with E-state index in [1.807, 2.05) is 4.90 Å². The number of carbonyl (C=O) groups is 1. The summed E-state index contributed by atoms with van der Waals surface area (Å²) < 4.78 is 5.28. The first-order valence-corrected chi connectivity index (χ1v) is 6.27. The molecule has 1 aliphatic heterocycles. The molecule has 1 saturated heterocycles. The Labute approximate surface area is 111 Å². The van der Waals surface area contributed by atoms with Gasteiger partial charge in [0, 0.05) is 42.9 Å². The highest BCUT2D eigenvalue weighted by Crippen LogP contribution is 2.27. The molecule has 1 aromatic carbocycles. The van der Waals surface area contributed by atoms with Crippen LogP contribution in [0.1, 0.15) is 23.7 Å². The van der Waals surface area contributed by atoms with E-state index < -0.39 is 4.92 Å². The summed E-state index contributed by atoms with van der Waals surface area (Å²) in [6.45, 7) is 4.36. The van der Waals surface area contributed by atoms with Crippen molar-refractivity contribution in [2.75, 3.05) is 31.2 Å². The van der Waals surface area contributed by atoms with E-state index in [0.29, 0.717) is 38.3 Å². The molecular weight excluding hydrogens is 248 g/mol. The summed E-state index contributed by atoms with van der Waals surface area (Å²) in [7, 11) is 0. The molecule has 2 rings (SSSR count). The first-order chi connectivity index (χ1) is 9.13. The zero-order chi connectivity index (χ0) is 13.8. The molecule has 0 N–H and O–H groups in total. The molecule has 0 saturated carbocycles. The van der Waals surface area contributed by atoms with E-state index in [4.69, 9.17) is 4.74 Å². The number of carbonyl (C=O) groups excluding carboxylic acids is 1. The zero-order valence-corrected chi connectivity index (χ0v) is 10.8. The van der Waals surface area contributed by atoms with Crippen molar-refractivity contribution in [2.45, 2.75) is 13.3 Å². The number of ether oxygens (including phenoxy) is 1. The Balaban J connectivity index is 2.40. The topological polar surface area (TPSA) is 72.7 Å². The van der Waals surface area contributed by atoms with Crippen LogP contribution in [0, 0.1) is 10.1 Å². The van der Waals surface area contributed by atoms with E-state index in [1.165, 1.54) is 12.1 Å². The van der Waals surface area contributed by atoms with Gasteiger partial charge in [-0.15, -0.1) is 0 Å². The highest BCUT2D eigenvalue weighted by molar-refractivity contribution is 6.01. The van der Waals surface area contributed by atoms with Gasteiger partial charge in [0.25, 0.3) is 5.69 Å². The van der Waals surface area contributed by atoms with E-state index in [9.17, 15) is 14.9 Å². The molecule has 1 aliphatic rings. The van der Waals surface area contributed by atoms with Crippen molar-refractivity contribution >= 4 is 17.2 Å². The lowest BCUT2D eigenvalue weighted by atomic mass is 10.0. The number of ketones is 1. The summed E-state index contributed by atoms with van der Waals surface area (Å²) >= 11 is 0. The summed E-state index contributed by atoms with van der Waals surface area (Å²) in [6.07, 6.45) is 0.332. The van der Waals surface area contributed by atoms with Crippen molar-refractivity contribution in [1.82, 2.24) is 0 Å². The molecule has 0 radical (unpaired) electrons. The number of nitro groups is 1. The summed E-state index contributed by atoms with van der Waals surface area (Å²) in [5, 5.41) is 10.8. The van der Waals surface area contributed by atoms with Gasteiger partial charge in [0.15, 0.2) is 5.78 Å². The largest absolute Gasteiger partial charge is 0.378 e. The average molecular weight is 264 g/mol. The van der Waals surface area contributed by atoms with Crippen LogP contribution in [0.3, 0.4) is 0 Å². The number of hydrogen-bond donors (Lipinski definition) is 0. The number of hydrogen-bond acceptors (Lipinski definition) is 5. The predicted octanol–water partition coefficient (Wildman–Crippen LogP) is 2.02. The van der Waals surface area contributed by atoms with Crippen LogP contribution >= 0.6 is 0 Å². The average Bonchev–Trinajstić information content (AvgIpc) is 2.46. The van der Waals surface area contributed by atoms with Crippen LogP contribution in [-0.2, 0) is 4.74 Å². The number of anilines is 1. The quantitative estimate of drug-likeness (QED) is 0.472. The molecule has 6 heteroatoms. The van der Waals surface area contributed by atoms with Crippen LogP contribution in [-0.4, -0.2) is 37.0 Å². The molecule has 0 aliphatic carbocycles. The molecule has 19 heavy (non-hydrogen) atoms. The van der Waals surface area contributed by atoms with Crippen molar-refractivity contribution in [3.05, 3.63) is 33.9 Å². The molecule has 0 unspecified atom stereocenters. The minimum atomic E-state index is -0.477. The van der Waals surface area contributed by atoms with Crippen LogP contribution < -0.4 is 4.90 Å². The van der Waals surface area contributed by atoms with Crippen molar-refractivity contribution in [3.63, 3.8) is 0 Å². The molecule has 0 atom stereocenters. The van der Waals surface area contributed by atoms with Crippen molar-refractivity contribution < 1.29 is 14.5 Å². The molecule has 6 nitrogen and oxygen atoms in total.